The van der Waals surface area contributed by atoms with Gasteiger partial charge in [0.2, 0.25) is 0 Å². The number of nitriles is 1. The van der Waals surface area contributed by atoms with Crippen LogP contribution >= 0.6 is 0 Å². The number of rotatable bonds is 4. The molecule has 0 fully saturated rings. The van der Waals surface area contributed by atoms with Gasteiger partial charge in [-0.1, -0.05) is 0 Å². The van der Waals surface area contributed by atoms with Gasteiger partial charge < -0.3 is 5.11 Å². The SMILES string of the molecule is CC(C(=O)O)S(=O)Cc1ccnc(C#N)c1. The largest absolute Gasteiger partial charge is 0.480 e. The Morgan fingerprint density at radius 3 is 3.00 bits per heavy atom. The van der Waals surface area contributed by atoms with Gasteiger partial charge in [0.25, 0.3) is 0 Å². The van der Waals surface area contributed by atoms with Crippen molar-refractivity contribution in [3.05, 3.63) is 29.6 Å². The van der Waals surface area contributed by atoms with Gasteiger partial charge in [0, 0.05) is 22.7 Å². The second-order valence-electron chi connectivity index (χ2n) is 3.17. The van der Waals surface area contributed by atoms with Crippen LogP contribution in [0.15, 0.2) is 18.3 Å². The molecule has 1 N–H and O–H groups in total. The molecule has 0 spiro atoms. The molecule has 16 heavy (non-hydrogen) atoms. The topological polar surface area (TPSA) is 91.0 Å². The minimum absolute atomic E-state index is 0.116. The van der Waals surface area contributed by atoms with E-state index in [0.717, 1.165) is 0 Å². The summed E-state index contributed by atoms with van der Waals surface area (Å²) in [7, 11) is -1.49. The first-order valence-corrected chi connectivity index (χ1v) is 5.88. The second kappa shape index (κ2) is 5.37. The molecule has 2 unspecified atom stereocenters. The van der Waals surface area contributed by atoms with E-state index in [0.29, 0.717) is 5.56 Å². The van der Waals surface area contributed by atoms with Crippen LogP contribution < -0.4 is 0 Å². The average Bonchev–Trinajstić information content (AvgIpc) is 2.28. The summed E-state index contributed by atoms with van der Waals surface area (Å²) in [5.41, 5.74) is 0.885. The second-order valence-corrected chi connectivity index (χ2v) is 4.92. The molecule has 0 aliphatic heterocycles. The Labute approximate surface area is 95.2 Å². The van der Waals surface area contributed by atoms with Crippen LogP contribution in [-0.2, 0) is 21.3 Å². The Hall–Kier alpha value is -1.74. The Balaban J connectivity index is 2.78. The Bertz CT molecular complexity index is 467. The third-order valence-corrected chi connectivity index (χ3v) is 3.60. The van der Waals surface area contributed by atoms with E-state index in [9.17, 15) is 9.00 Å². The van der Waals surface area contributed by atoms with Gasteiger partial charge in [-0.2, -0.15) is 5.26 Å². The maximum Gasteiger partial charge on any atom is 0.318 e. The first-order chi connectivity index (χ1) is 7.54. The first-order valence-electron chi connectivity index (χ1n) is 4.49. The summed E-state index contributed by atoms with van der Waals surface area (Å²) in [6.07, 6.45) is 1.44. The summed E-state index contributed by atoms with van der Waals surface area (Å²) in [6, 6.07) is 4.99. The molecule has 0 aliphatic carbocycles. The predicted octanol–water partition coefficient (Wildman–Crippen LogP) is 0.675. The van der Waals surface area contributed by atoms with Gasteiger partial charge in [0.1, 0.15) is 17.0 Å². The van der Waals surface area contributed by atoms with Crippen molar-refractivity contribution in [1.29, 1.82) is 5.26 Å². The number of hydrogen-bond donors (Lipinski definition) is 1. The molecule has 0 bridgehead atoms. The third kappa shape index (κ3) is 3.14. The van der Waals surface area contributed by atoms with E-state index < -0.39 is 22.0 Å². The van der Waals surface area contributed by atoms with Gasteiger partial charge in [0.05, 0.1) is 0 Å². The van der Waals surface area contributed by atoms with Gasteiger partial charge in [-0.15, -0.1) is 0 Å². The molecule has 6 heteroatoms. The molecular weight excluding hydrogens is 228 g/mol. The van der Waals surface area contributed by atoms with E-state index in [1.165, 1.54) is 19.2 Å². The molecule has 5 nitrogen and oxygen atoms in total. The summed E-state index contributed by atoms with van der Waals surface area (Å²) < 4.78 is 11.6. The lowest BCUT2D eigenvalue weighted by Crippen LogP contribution is -2.22. The Morgan fingerprint density at radius 1 is 1.75 bits per heavy atom. The maximum atomic E-state index is 11.6. The molecule has 1 heterocycles. The van der Waals surface area contributed by atoms with Crippen LogP contribution in [0.1, 0.15) is 18.2 Å². The highest BCUT2D eigenvalue weighted by Gasteiger charge is 2.18. The smallest absolute Gasteiger partial charge is 0.318 e. The fourth-order valence-electron chi connectivity index (χ4n) is 1.03. The zero-order valence-electron chi connectivity index (χ0n) is 8.58. The summed E-state index contributed by atoms with van der Waals surface area (Å²) in [5.74, 6) is -0.974. The molecule has 1 rings (SSSR count). The molecule has 0 amide bonds. The van der Waals surface area contributed by atoms with Crippen LogP contribution in [-0.4, -0.2) is 25.5 Å². The van der Waals surface area contributed by atoms with Crippen LogP contribution in [0.5, 0.6) is 0 Å². The molecule has 0 aromatic carbocycles. The summed E-state index contributed by atoms with van der Waals surface area (Å²) in [6.45, 7) is 1.39. The summed E-state index contributed by atoms with van der Waals surface area (Å²) in [5, 5.41) is 16.4. The standard InChI is InChI=1S/C10H10N2O3S/c1-7(10(13)14)16(15)6-8-2-3-12-9(4-8)5-11/h2-4,7H,6H2,1H3,(H,13,14). The number of pyridine rings is 1. The molecule has 1 aromatic heterocycles. The van der Waals surface area contributed by atoms with Gasteiger partial charge >= 0.3 is 5.97 Å². The fraction of sp³-hybridized carbons (Fsp3) is 0.300. The number of aliphatic carboxylic acids is 1. The molecule has 0 saturated carbocycles. The van der Waals surface area contributed by atoms with Crippen molar-refractivity contribution >= 4 is 16.8 Å². The molecule has 0 saturated heterocycles. The summed E-state index contributed by atoms with van der Waals surface area (Å²) >= 11 is 0. The van der Waals surface area contributed by atoms with E-state index in [2.05, 4.69) is 4.98 Å². The summed E-state index contributed by atoms with van der Waals surface area (Å²) in [4.78, 5) is 14.4. The Kier molecular flexibility index (Phi) is 4.14. The van der Waals surface area contributed by atoms with Crippen molar-refractivity contribution in [2.24, 2.45) is 0 Å². The van der Waals surface area contributed by atoms with E-state index in [-0.39, 0.29) is 11.4 Å². The van der Waals surface area contributed by atoms with Crippen molar-refractivity contribution in [3.63, 3.8) is 0 Å². The lowest BCUT2D eigenvalue weighted by atomic mass is 10.2. The van der Waals surface area contributed by atoms with Crippen molar-refractivity contribution in [2.75, 3.05) is 0 Å². The van der Waals surface area contributed by atoms with E-state index in [4.69, 9.17) is 10.4 Å². The molecule has 0 radical (unpaired) electrons. The van der Waals surface area contributed by atoms with Gasteiger partial charge in [-0.25, -0.2) is 4.98 Å². The maximum absolute atomic E-state index is 11.6. The van der Waals surface area contributed by atoms with E-state index in [1.54, 1.807) is 6.07 Å². The van der Waals surface area contributed by atoms with Crippen molar-refractivity contribution in [1.82, 2.24) is 4.98 Å². The van der Waals surface area contributed by atoms with Crippen LogP contribution in [0.4, 0.5) is 0 Å². The van der Waals surface area contributed by atoms with Crippen molar-refractivity contribution in [3.8, 4) is 6.07 Å². The van der Waals surface area contributed by atoms with Crippen LogP contribution in [0.3, 0.4) is 0 Å². The molecular formula is C10H10N2O3S. The number of carboxylic acids is 1. The lowest BCUT2D eigenvalue weighted by molar-refractivity contribution is -0.136. The lowest BCUT2D eigenvalue weighted by Gasteiger charge is -2.06. The zero-order chi connectivity index (χ0) is 12.1. The molecule has 0 aliphatic rings. The minimum Gasteiger partial charge on any atom is -0.480 e. The third-order valence-electron chi connectivity index (χ3n) is 1.99. The normalized spacial score (nSPS) is 13.8. The average molecular weight is 238 g/mol. The number of carboxylic acid groups (broad SMARTS) is 1. The molecule has 1 aromatic rings. The van der Waals surface area contributed by atoms with E-state index >= 15 is 0 Å². The van der Waals surface area contributed by atoms with Crippen molar-refractivity contribution < 1.29 is 14.1 Å². The first kappa shape index (κ1) is 12.3. The predicted molar refractivity (Wildman–Crippen MR) is 57.9 cm³/mol. The van der Waals surface area contributed by atoms with Crippen LogP contribution in [0.2, 0.25) is 0 Å². The zero-order valence-corrected chi connectivity index (χ0v) is 9.40. The van der Waals surface area contributed by atoms with Crippen LogP contribution in [0.25, 0.3) is 0 Å². The quantitative estimate of drug-likeness (QED) is 0.832. The van der Waals surface area contributed by atoms with Gasteiger partial charge in [0.15, 0.2) is 0 Å². The number of aromatic nitrogens is 1. The number of carbonyl (C=O) groups is 1. The molecule has 84 valence electrons. The Morgan fingerprint density at radius 2 is 2.44 bits per heavy atom. The van der Waals surface area contributed by atoms with Crippen LogP contribution in [0, 0.1) is 11.3 Å². The van der Waals surface area contributed by atoms with Gasteiger partial charge in [-0.05, 0) is 24.6 Å². The highest BCUT2D eigenvalue weighted by Crippen LogP contribution is 2.08. The molecule has 2 atom stereocenters. The number of hydrogen-bond acceptors (Lipinski definition) is 4. The number of nitrogens with zero attached hydrogens (tertiary/aromatic N) is 2. The monoisotopic (exact) mass is 238 g/mol. The fourth-order valence-corrected chi connectivity index (χ4v) is 2.01. The highest BCUT2D eigenvalue weighted by atomic mass is 32.2. The highest BCUT2D eigenvalue weighted by molar-refractivity contribution is 7.85. The van der Waals surface area contributed by atoms with Gasteiger partial charge in [-0.3, -0.25) is 9.00 Å². The van der Waals surface area contributed by atoms with E-state index in [1.807, 2.05) is 6.07 Å². The van der Waals surface area contributed by atoms with Crippen molar-refractivity contribution in [2.45, 2.75) is 17.9 Å². The minimum atomic E-state index is -1.49.